The smallest absolute Gasteiger partial charge is 0.257 e. The van der Waals surface area contributed by atoms with E-state index in [9.17, 15) is 9.59 Å². The van der Waals surface area contributed by atoms with Crippen molar-refractivity contribution in [2.75, 3.05) is 11.1 Å². The molecule has 1 N–H and O–H groups in total. The number of hydrogen-bond donors (Lipinski definition) is 1. The van der Waals surface area contributed by atoms with Crippen molar-refractivity contribution >= 4 is 23.4 Å². The maximum atomic E-state index is 12.9. The van der Waals surface area contributed by atoms with E-state index in [1.54, 1.807) is 7.05 Å². The minimum atomic E-state index is -0.130. The van der Waals surface area contributed by atoms with E-state index in [4.69, 9.17) is 0 Å². The SMILES string of the molecule is Cc1ccc(NC(=O)CSc2nc(C)c(Cc3cccc(C)c3)c(=O)n2C)cc1. The van der Waals surface area contributed by atoms with Gasteiger partial charge in [0.2, 0.25) is 5.91 Å². The Morgan fingerprint density at radius 3 is 2.48 bits per heavy atom. The van der Waals surface area contributed by atoms with E-state index in [0.29, 0.717) is 22.8 Å². The van der Waals surface area contributed by atoms with Crippen LogP contribution in [0.25, 0.3) is 0 Å². The summed E-state index contributed by atoms with van der Waals surface area (Å²) in [7, 11) is 1.70. The number of thioether (sulfide) groups is 1. The first-order valence-electron chi connectivity index (χ1n) is 9.45. The highest BCUT2D eigenvalue weighted by Crippen LogP contribution is 2.18. The van der Waals surface area contributed by atoms with Gasteiger partial charge in [0.25, 0.3) is 5.56 Å². The van der Waals surface area contributed by atoms with Crippen molar-refractivity contribution in [3.05, 3.63) is 86.8 Å². The molecule has 0 saturated heterocycles. The lowest BCUT2D eigenvalue weighted by Crippen LogP contribution is -2.26. The van der Waals surface area contributed by atoms with Crippen molar-refractivity contribution in [1.82, 2.24) is 9.55 Å². The van der Waals surface area contributed by atoms with Crippen LogP contribution < -0.4 is 10.9 Å². The lowest BCUT2D eigenvalue weighted by atomic mass is 10.0. The van der Waals surface area contributed by atoms with E-state index in [2.05, 4.69) is 16.4 Å². The highest BCUT2D eigenvalue weighted by Gasteiger charge is 2.14. The monoisotopic (exact) mass is 407 g/mol. The number of aromatic nitrogens is 2. The molecule has 0 bridgehead atoms. The molecule has 0 aliphatic heterocycles. The van der Waals surface area contributed by atoms with Crippen molar-refractivity contribution in [2.45, 2.75) is 32.3 Å². The van der Waals surface area contributed by atoms with Gasteiger partial charge in [-0.3, -0.25) is 14.2 Å². The number of carbonyl (C=O) groups excluding carboxylic acids is 1. The predicted octanol–water partition coefficient (Wildman–Crippen LogP) is 4.03. The van der Waals surface area contributed by atoms with E-state index < -0.39 is 0 Å². The molecule has 2 aromatic carbocycles. The molecule has 0 aliphatic carbocycles. The third kappa shape index (κ3) is 5.35. The van der Waals surface area contributed by atoms with Gasteiger partial charge < -0.3 is 5.32 Å². The zero-order chi connectivity index (χ0) is 21.0. The van der Waals surface area contributed by atoms with Crippen LogP contribution in [0.2, 0.25) is 0 Å². The summed E-state index contributed by atoms with van der Waals surface area (Å²) in [4.78, 5) is 29.7. The fourth-order valence-electron chi connectivity index (χ4n) is 3.05. The Morgan fingerprint density at radius 2 is 1.79 bits per heavy atom. The van der Waals surface area contributed by atoms with Crippen molar-refractivity contribution in [3.63, 3.8) is 0 Å². The van der Waals surface area contributed by atoms with Crippen molar-refractivity contribution in [2.24, 2.45) is 7.05 Å². The van der Waals surface area contributed by atoms with Crippen molar-refractivity contribution in [3.8, 4) is 0 Å². The molecular formula is C23H25N3O2S. The van der Waals surface area contributed by atoms with Gasteiger partial charge >= 0.3 is 0 Å². The van der Waals surface area contributed by atoms with E-state index in [1.807, 2.05) is 63.2 Å². The summed E-state index contributed by atoms with van der Waals surface area (Å²) in [6, 6.07) is 15.8. The molecule has 0 aliphatic rings. The Kier molecular flexibility index (Phi) is 6.54. The molecule has 0 radical (unpaired) electrons. The molecule has 0 unspecified atom stereocenters. The van der Waals surface area contributed by atoms with Crippen LogP contribution in [0.15, 0.2) is 58.5 Å². The lowest BCUT2D eigenvalue weighted by molar-refractivity contribution is -0.113. The third-order valence-electron chi connectivity index (χ3n) is 4.68. The number of hydrogen-bond acceptors (Lipinski definition) is 4. The summed E-state index contributed by atoms with van der Waals surface area (Å²) >= 11 is 1.26. The molecule has 0 spiro atoms. The Morgan fingerprint density at radius 1 is 1.07 bits per heavy atom. The number of rotatable bonds is 6. The van der Waals surface area contributed by atoms with Crippen LogP contribution in [0.5, 0.6) is 0 Å². The normalized spacial score (nSPS) is 10.8. The average Bonchev–Trinajstić information content (AvgIpc) is 2.69. The summed E-state index contributed by atoms with van der Waals surface area (Å²) in [5, 5.41) is 3.40. The van der Waals surface area contributed by atoms with Gasteiger partial charge in [0, 0.05) is 30.4 Å². The van der Waals surface area contributed by atoms with Gasteiger partial charge in [-0.2, -0.15) is 0 Å². The summed E-state index contributed by atoms with van der Waals surface area (Å²) in [6.07, 6.45) is 0.548. The molecule has 1 amide bonds. The molecule has 3 aromatic rings. The van der Waals surface area contributed by atoms with Gasteiger partial charge in [0.05, 0.1) is 5.75 Å². The van der Waals surface area contributed by atoms with E-state index in [-0.39, 0.29) is 17.2 Å². The second kappa shape index (κ2) is 9.09. The van der Waals surface area contributed by atoms with Crippen molar-refractivity contribution in [1.29, 1.82) is 0 Å². The molecule has 0 fully saturated rings. The number of carbonyl (C=O) groups is 1. The second-order valence-corrected chi connectivity index (χ2v) is 8.13. The highest BCUT2D eigenvalue weighted by molar-refractivity contribution is 7.99. The molecule has 0 saturated carbocycles. The van der Waals surface area contributed by atoms with E-state index in [0.717, 1.165) is 22.4 Å². The Hall–Kier alpha value is -2.86. The first-order valence-corrected chi connectivity index (χ1v) is 10.4. The van der Waals surface area contributed by atoms with Gasteiger partial charge in [-0.15, -0.1) is 0 Å². The van der Waals surface area contributed by atoms with Gasteiger partial charge in [0.15, 0.2) is 5.16 Å². The molecule has 150 valence electrons. The Labute approximate surface area is 175 Å². The number of benzene rings is 2. The van der Waals surface area contributed by atoms with Crippen LogP contribution >= 0.6 is 11.8 Å². The van der Waals surface area contributed by atoms with E-state index >= 15 is 0 Å². The van der Waals surface area contributed by atoms with Crippen LogP contribution in [0.1, 0.15) is 27.9 Å². The molecule has 6 heteroatoms. The molecular weight excluding hydrogens is 382 g/mol. The standard InChI is InChI=1S/C23H25N3O2S/c1-15-8-10-19(11-9-15)25-21(27)14-29-23-24-17(3)20(22(28)26(23)4)13-18-7-5-6-16(2)12-18/h5-12H,13-14H2,1-4H3,(H,25,27). The first kappa shape index (κ1) is 20.9. The second-order valence-electron chi connectivity index (χ2n) is 7.19. The minimum absolute atomic E-state index is 0.0690. The van der Waals surface area contributed by atoms with Gasteiger partial charge in [-0.1, -0.05) is 59.3 Å². The maximum absolute atomic E-state index is 12.9. The molecule has 1 aromatic heterocycles. The molecule has 0 atom stereocenters. The third-order valence-corrected chi connectivity index (χ3v) is 5.71. The first-order chi connectivity index (χ1) is 13.8. The quantitative estimate of drug-likeness (QED) is 0.495. The summed E-state index contributed by atoms with van der Waals surface area (Å²) in [6.45, 7) is 5.88. The van der Waals surface area contributed by atoms with Gasteiger partial charge in [-0.25, -0.2) is 4.98 Å². The summed E-state index contributed by atoms with van der Waals surface area (Å²) in [5.41, 5.74) is 5.47. The average molecular weight is 408 g/mol. The fourth-order valence-corrected chi connectivity index (χ4v) is 3.86. The molecule has 29 heavy (non-hydrogen) atoms. The van der Waals surface area contributed by atoms with Crippen LogP contribution in [-0.2, 0) is 18.3 Å². The molecule has 3 rings (SSSR count). The van der Waals surface area contributed by atoms with Gasteiger partial charge in [-0.05, 0) is 38.5 Å². The minimum Gasteiger partial charge on any atom is -0.325 e. The van der Waals surface area contributed by atoms with Crippen LogP contribution in [0, 0.1) is 20.8 Å². The highest BCUT2D eigenvalue weighted by atomic mass is 32.2. The predicted molar refractivity (Wildman–Crippen MR) is 119 cm³/mol. The maximum Gasteiger partial charge on any atom is 0.257 e. The van der Waals surface area contributed by atoms with Crippen LogP contribution in [0.3, 0.4) is 0 Å². The lowest BCUT2D eigenvalue weighted by Gasteiger charge is -2.12. The topological polar surface area (TPSA) is 64.0 Å². The largest absolute Gasteiger partial charge is 0.325 e. The van der Waals surface area contributed by atoms with Gasteiger partial charge in [0.1, 0.15) is 0 Å². The number of anilines is 1. The summed E-state index contributed by atoms with van der Waals surface area (Å²) in [5.74, 6) is 0.0553. The fraction of sp³-hybridized carbons (Fsp3) is 0.261. The van der Waals surface area contributed by atoms with Crippen LogP contribution in [0.4, 0.5) is 5.69 Å². The summed E-state index contributed by atoms with van der Waals surface area (Å²) < 4.78 is 1.53. The molecule has 1 heterocycles. The number of nitrogens with zero attached hydrogens (tertiary/aromatic N) is 2. The Balaban J connectivity index is 1.71. The van der Waals surface area contributed by atoms with E-state index in [1.165, 1.54) is 16.3 Å². The number of amides is 1. The Bertz CT molecular complexity index is 1090. The number of nitrogens with one attached hydrogen (secondary N) is 1. The zero-order valence-electron chi connectivity index (χ0n) is 17.2. The zero-order valence-corrected chi connectivity index (χ0v) is 18.0. The number of aryl methyl sites for hydroxylation is 3. The molecule has 5 nitrogen and oxygen atoms in total. The van der Waals surface area contributed by atoms with Crippen molar-refractivity contribution < 1.29 is 4.79 Å². The van der Waals surface area contributed by atoms with Crippen LogP contribution in [-0.4, -0.2) is 21.2 Å².